The molecule has 2 aliphatic heterocycles. The number of piperidine rings is 1. The van der Waals surface area contributed by atoms with Gasteiger partial charge in [0.1, 0.15) is 17.2 Å². The fraction of sp³-hybridized carbons (Fsp3) is 0.630. The molecule has 1 unspecified atom stereocenters. The number of amides is 2. The van der Waals surface area contributed by atoms with Crippen LogP contribution in [0.3, 0.4) is 0 Å². The molecule has 0 spiro atoms. The maximum atomic E-state index is 12.9. The summed E-state index contributed by atoms with van der Waals surface area (Å²) in [4.78, 5) is 42.8. The summed E-state index contributed by atoms with van der Waals surface area (Å²) in [6.07, 6.45) is 7.30. The lowest BCUT2D eigenvalue weighted by molar-refractivity contribution is 0.0235. The quantitative estimate of drug-likeness (QED) is 0.459. The molecule has 3 aromatic heterocycles. The van der Waals surface area contributed by atoms with Crippen molar-refractivity contribution >= 4 is 29.2 Å². The van der Waals surface area contributed by atoms with Crippen LogP contribution in [0.2, 0.25) is 0 Å². The Hall–Kier alpha value is -3.90. The summed E-state index contributed by atoms with van der Waals surface area (Å²) in [6.45, 7) is 11.8. The Morgan fingerprint density at radius 3 is 2.55 bits per heavy atom. The molecule has 2 amide bonds. The lowest BCUT2D eigenvalue weighted by Gasteiger charge is -2.32. The van der Waals surface area contributed by atoms with E-state index in [1.54, 1.807) is 22.2 Å². The van der Waals surface area contributed by atoms with Crippen molar-refractivity contribution in [2.45, 2.75) is 84.1 Å². The highest BCUT2D eigenvalue weighted by molar-refractivity contribution is 5.85. The third-order valence-electron chi connectivity index (χ3n) is 7.40. The minimum Gasteiger partial charge on any atom is -0.444 e. The van der Waals surface area contributed by atoms with E-state index in [2.05, 4.69) is 38.9 Å². The first-order chi connectivity index (χ1) is 19.1. The van der Waals surface area contributed by atoms with Crippen LogP contribution in [0.25, 0.3) is 22.6 Å². The number of hydrogen-bond donors (Lipinski definition) is 2. The maximum absolute atomic E-state index is 12.9. The average Bonchev–Trinajstić information content (AvgIpc) is 3.69. The Labute approximate surface area is 233 Å². The van der Waals surface area contributed by atoms with Gasteiger partial charge < -0.3 is 29.2 Å². The van der Waals surface area contributed by atoms with Crippen molar-refractivity contribution in [3.63, 3.8) is 0 Å². The van der Waals surface area contributed by atoms with Crippen LogP contribution in [0, 0.1) is 0 Å². The van der Waals surface area contributed by atoms with Crippen LogP contribution in [-0.2, 0) is 9.47 Å². The van der Waals surface area contributed by atoms with Crippen molar-refractivity contribution < 1.29 is 19.1 Å². The highest BCUT2D eigenvalue weighted by Crippen LogP contribution is 2.28. The number of nitrogens with zero attached hydrogens (tertiary/aromatic N) is 7. The summed E-state index contributed by atoms with van der Waals surface area (Å²) in [5.74, 6) is 1.25. The highest BCUT2D eigenvalue weighted by atomic mass is 16.6. The molecule has 40 heavy (non-hydrogen) atoms. The van der Waals surface area contributed by atoms with Crippen LogP contribution in [-0.4, -0.2) is 95.6 Å². The van der Waals surface area contributed by atoms with Crippen LogP contribution in [0.5, 0.6) is 0 Å². The molecule has 2 atom stereocenters. The number of carbonyl (C=O) groups is 2. The van der Waals surface area contributed by atoms with Crippen molar-refractivity contribution in [1.82, 2.24) is 39.5 Å². The second-order valence-electron chi connectivity index (χ2n) is 11.6. The number of aromatic amines is 1. The molecule has 3 aromatic rings. The Morgan fingerprint density at radius 2 is 1.88 bits per heavy atom. The average molecular weight is 554 g/mol. The smallest absolute Gasteiger partial charge is 0.410 e. The fourth-order valence-electron chi connectivity index (χ4n) is 4.97. The second kappa shape index (κ2) is 11.3. The summed E-state index contributed by atoms with van der Waals surface area (Å²) in [7, 11) is 0. The third-order valence-corrected chi connectivity index (χ3v) is 7.40. The molecule has 0 aliphatic carbocycles. The molecule has 2 N–H and O–H groups in total. The predicted molar refractivity (Wildman–Crippen MR) is 149 cm³/mol. The van der Waals surface area contributed by atoms with E-state index in [0.29, 0.717) is 44.2 Å². The van der Waals surface area contributed by atoms with Gasteiger partial charge in [0.05, 0.1) is 24.6 Å². The van der Waals surface area contributed by atoms with Gasteiger partial charge in [0.2, 0.25) is 0 Å². The number of rotatable bonds is 6. The van der Waals surface area contributed by atoms with Crippen LogP contribution in [0.1, 0.15) is 66.3 Å². The molecule has 216 valence electrons. The Bertz CT molecular complexity index is 1330. The van der Waals surface area contributed by atoms with E-state index in [4.69, 9.17) is 19.4 Å². The van der Waals surface area contributed by atoms with E-state index in [-0.39, 0.29) is 30.4 Å². The van der Waals surface area contributed by atoms with Gasteiger partial charge in [-0.3, -0.25) is 5.10 Å². The van der Waals surface area contributed by atoms with Gasteiger partial charge in [-0.1, -0.05) is 6.92 Å². The molecule has 13 heteroatoms. The molecule has 0 saturated carbocycles. The predicted octanol–water partition coefficient (Wildman–Crippen LogP) is 4.21. The van der Waals surface area contributed by atoms with Crippen LogP contribution in [0.4, 0.5) is 15.4 Å². The molecular weight excluding hydrogens is 514 g/mol. The SMILES string of the molecule is CCC(C)n1cnc2c(NC3CCN(C(=O)O[C@H]4CCN(C(=O)OC(C)(C)C)C4)CC3)nc(-c3cn[nH]c3)nc21. The molecule has 0 aromatic carbocycles. The number of aromatic nitrogens is 6. The van der Waals surface area contributed by atoms with Gasteiger partial charge in [-0.25, -0.2) is 24.5 Å². The number of carbonyl (C=O) groups excluding carboxylic acids is 2. The Balaban J connectivity index is 1.20. The molecule has 0 bridgehead atoms. The van der Waals surface area contributed by atoms with Gasteiger partial charge in [0.15, 0.2) is 17.3 Å². The van der Waals surface area contributed by atoms with E-state index in [9.17, 15) is 9.59 Å². The maximum Gasteiger partial charge on any atom is 0.410 e. The van der Waals surface area contributed by atoms with Gasteiger partial charge >= 0.3 is 12.2 Å². The summed E-state index contributed by atoms with van der Waals surface area (Å²) in [5, 5.41) is 10.5. The number of hydrogen-bond acceptors (Lipinski definition) is 9. The first-order valence-corrected chi connectivity index (χ1v) is 14.0. The summed E-state index contributed by atoms with van der Waals surface area (Å²) >= 11 is 0. The van der Waals surface area contributed by atoms with Crippen molar-refractivity contribution in [3.8, 4) is 11.4 Å². The van der Waals surface area contributed by atoms with Crippen molar-refractivity contribution in [1.29, 1.82) is 0 Å². The molecule has 2 fully saturated rings. The Kier molecular flexibility index (Phi) is 7.81. The van der Waals surface area contributed by atoms with E-state index < -0.39 is 5.60 Å². The highest BCUT2D eigenvalue weighted by Gasteiger charge is 2.34. The number of anilines is 1. The molecule has 2 saturated heterocycles. The van der Waals surface area contributed by atoms with Crippen molar-refractivity contribution in [2.24, 2.45) is 0 Å². The van der Waals surface area contributed by atoms with Crippen LogP contribution < -0.4 is 5.32 Å². The van der Waals surface area contributed by atoms with E-state index >= 15 is 0 Å². The number of likely N-dealkylation sites (tertiary alicyclic amines) is 2. The number of nitrogens with one attached hydrogen (secondary N) is 2. The minimum absolute atomic E-state index is 0.113. The zero-order valence-corrected chi connectivity index (χ0v) is 23.9. The third kappa shape index (κ3) is 6.13. The van der Waals surface area contributed by atoms with E-state index in [1.165, 1.54) is 0 Å². The fourth-order valence-corrected chi connectivity index (χ4v) is 4.97. The summed E-state index contributed by atoms with van der Waals surface area (Å²) < 4.78 is 13.3. The van der Waals surface area contributed by atoms with Gasteiger partial charge in [-0.05, 0) is 47.0 Å². The summed E-state index contributed by atoms with van der Waals surface area (Å²) in [5.41, 5.74) is 1.75. The second-order valence-corrected chi connectivity index (χ2v) is 11.6. The topological polar surface area (TPSA) is 143 Å². The first kappa shape index (κ1) is 27.7. The van der Waals surface area contributed by atoms with Gasteiger partial charge in [-0.2, -0.15) is 5.10 Å². The standard InChI is InChI=1S/C27H39N9O4/c1-6-17(2)36-16-28-21-23(32-22(33-24(21)36)18-13-29-30-14-18)31-19-7-10-34(11-8-19)25(37)39-20-9-12-35(15-20)26(38)40-27(3,4)5/h13-14,16-17,19-20H,6-12,15H2,1-5H3,(H,29,30)(H,31,32,33)/t17?,20-/m0/s1. The van der Waals surface area contributed by atoms with Crippen LogP contribution >= 0.6 is 0 Å². The monoisotopic (exact) mass is 553 g/mol. The minimum atomic E-state index is -0.559. The van der Waals surface area contributed by atoms with Gasteiger partial charge in [0, 0.05) is 44.3 Å². The van der Waals surface area contributed by atoms with Crippen molar-refractivity contribution in [2.75, 3.05) is 31.5 Å². The lowest BCUT2D eigenvalue weighted by atomic mass is 10.1. The van der Waals surface area contributed by atoms with Crippen LogP contribution in [0.15, 0.2) is 18.7 Å². The largest absolute Gasteiger partial charge is 0.444 e. The first-order valence-electron chi connectivity index (χ1n) is 14.0. The molecule has 5 heterocycles. The Morgan fingerprint density at radius 1 is 1.12 bits per heavy atom. The van der Waals surface area contributed by atoms with Gasteiger partial charge in [0.25, 0.3) is 0 Å². The summed E-state index contributed by atoms with van der Waals surface area (Å²) in [6, 6.07) is 0.359. The van der Waals surface area contributed by atoms with E-state index in [1.807, 2.05) is 27.1 Å². The van der Waals surface area contributed by atoms with Crippen molar-refractivity contribution in [3.05, 3.63) is 18.7 Å². The number of ether oxygens (including phenoxy) is 2. The number of H-pyrrole nitrogens is 1. The number of fused-ring (bicyclic) bond motifs is 1. The molecule has 2 aliphatic rings. The lowest BCUT2D eigenvalue weighted by Crippen LogP contribution is -2.44. The number of imidazole rings is 1. The van der Waals surface area contributed by atoms with Gasteiger partial charge in [-0.15, -0.1) is 0 Å². The molecule has 13 nitrogen and oxygen atoms in total. The van der Waals surface area contributed by atoms with E-state index in [0.717, 1.165) is 36.0 Å². The zero-order valence-electron chi connectivity index (χ0n) is 23.9. The molecular formula is C27H39N9O4. The zero-order chi connectivity index (χ0) is 28.4. The molecule has 5 rings (SSSR count). The molecule has 0 radical (unpaired) electrons. The normalized spacial score (nSPS) is 19.2.